The molecule has 0 N–H and O–H groups in total. The summed E-state index contributed by atoms with van der Waals surface area (Å²) in [6.45, 7) is 4.70. The van der Waals surface area contributed by atoms with E-state index in [1.165, 1.54) is 0 Å². The average Bonchev–Trinajstić information content (AvgIpc) is 2.85. The van der Waals surface area contributed by atoms with Gasteiger partial charge in [0.2, 0.25) is 5.95 Å². The van der Waals surface area contributed by atoms with E-state index in [4.69, 9.17) is 9.97 Å². The normalized spacial score (nSPS) is 10.7. The van der Waals surface area contributed by atoms with Gasteiger partial charge in [0, 0.05) is 23.2 Å². The van der Waals surface area contributed by atoms with Crippen LogP contribution in [0, 0.1) is 6.92 Å². The Labute approximate surface area is 189 Å². The van der Waals surface area contributed by atoms with Crippen LogP contribution in [0.3, 0.4) is 0 Å². The Balaban J connectivity index is 1.83. The second kappa shape index (κ2) is 10.0. The number of hydrogen-bond donors (Lipinski definition) is 0. The minimum atomic E-state index is -0.0809. The number of aryl methyl sites for hydroxylation is 1. The van der Waals surface area contributed by atoms with E-state index in [2.05, 4.69) is 6.92 Å². The lowest BCUT2D eigenvalue weighted by Gasteiger charge is -2.22. The van der Waals surface area contributed by atoms with Gasteiger partial charge in [0.1, 0.15) is 0 Å². The van der Waals surface area contributed by atoms with Crippen molar-refractivity contribution in [1.29, 1.82) is 0 Å². The summed E-state index contributed by atoms with van der Waals surface area (Å²) in [5, 5.41) is 0. The van der Waals surface area contributed by atoms with E-state index < -0.39 is 0 Å². The highest BCUT2D eigenvalue weighted by Crippen LogP contribution is 2.27. The topological polar surface area (TPSA) is 46.1 Å². The van der Waals surface area contributed by atoms with Crippen LogP contribution in [0.1, 0.15) is 35.7 Å². The Morgan fingerprint density at radius 1 is 0.781 bits per heavy atom. The number of amides is 1. The maximum Gasteiger partial charge on any atom is 0.260 e. The van der Waals surface area contributed by atoms with Crippen molar-refractivity contribution in [3.8, 4) is 22.5 Å². The molecule has 0 aliphatic heterocycles. The highest BCUT2D eigenvalue weighted by molar-refractivity contribution is 6.05. The molecule has 3 aromatic carbocycles. The lowest BCUT2D eigenvalue weighted by Crippen LogP contribution is -2.33. The van der Waals surface area contributed by atoms with Gasteiger partial charge in [-0.3, -0.25) is 9.69 Å². The van der Waals surface area contributed by atoms with E-state index in [0.717, 1.165) is 40.9 Å². The van der Waals surface area contributed by atoms with Gasteiger partial charge in [0.25, 0.3) is 5.91 Å². The molecule has 0 unspecified atom stereocenters. The molecule has 4 aromatic rings. The number of unbranched alkanes of at least 4 members (excludes halogenated alkanes) is 1. The van der Waals surface area contributed by atoms with Crippen LogP contribution < -0.4 is 4.90 Å². The molecule has 1 aromatic heterocycles. The van der Waals surface area contributed by atoms with Crippen molar-refractivity contribution in [2.75, 3.05) is 11.4 Å². The maximum atomic E-state index is 13.5. The quantitative estimate of drug-likeness (QED) is 0.339. The first-order chi connectivity index (χ1) is 15.7. The first-order valence-electron chi connectivity index (χ1n) is 11.0. The largest absolute Gasteiger partial charge is 0.277 e. The van der Waals surface area contributed by atoms with Crippen molar-refractivity contribution in [2.45, 2.75) is 26.7 Å². The Bertz CT molecular complexity index is 1110. The van der Waals surface area contributed by atoms with Crippen LogP contribution in [0.15, 0.2) is 91.0 Å². The summed E-state index contributed by atoms with van der Waals surface area (Å²) in [5.74, 6) is 0.354. The van der Waals surface area contributed by atoms with Crippen LogP contribution in [0.5, 0.6) is 0 Å². The highest BCUT2D eigenvalue weighted by Gasteiger charge is 2.21. The zero-order valence-corrected chi connectivity index (χ0v) is 18.5. The van der Waals surface area contributed by atoms with E-state index in [0.29, 0.717) is 18.1 Å². The van der Waals surface area contributed by atoms with Crippen molar-refractivity contribution in [3.63, 3.8) is 0 Å². The van der Waals surface area contributed by atoms with Crippen LogP contribution in [0.2, 0.25) is 0 Å². The van der Waals surface area contributed by atoms with E-state index in [1.54, 1.807) is 4.90 Å². The Morgan fingerprint density at radius 2 is 1.31 bits per heavy atom. The molecular formula is C28H27N3O. The van der Waals surface area contributed by atoms with Crippen molar-refractivity contribution in [3.05, 3.63) is 102 Å². The van der Waals surface area contributed by atoms with Gasteiger partial charge < -0.3 is 0 Å². The number of nitrogens with zero attached hydrogens (tertiary/aromatic N) is 3. The van der Waals surface area contributed by atoms with Gasteiger partial charge in [0.15, 0.2) is 0 Å². The smallest absolute Gasteiger partial charge is 0.260 e. The molecule has 0 saturated heterocycles. The van der Waals surface area contributed by atoms with Gasteiger partial charge in [-0.25, -0.2) is 9.97 Å². The van der Waals surface area contributed by atoms with Crippen molar-refractivity contribution in [2.24, 2.45) is 0 Å². The number of carbonyl (C=O) groups is 1. The lowest BCUT2D eigenvalue weighted by atomic mass is 10.1. The molecule has 4 heteroatoms. The average molecular weight is 422 g/mol. The number of benzene rings is 3. The van der Waals surface area contributed by atoms with Crippen LogP contribution in [-0.4, -0.2) is 22.4 Å². The molecule has 0 aliphatic carbocycles. The fraction of sp³-hybridized carbons (Fsp3) is 0.179. The van der Waals surface area contributed by atoms with Crippen molar-refractivity contribution in [1.82, 2.24) is 9.97 Å². The molecule has 0 saturated carbocycles. The number of anilines is 1. The standard InChI is InChI=1S/C28H27N3O/c1-3-4-19-31(27(32)24-17-15-21(2)16-18-24)28-29-25(22-11-7-5-8-12-22)20-26(30-28)23-13-9-6-10-14-23/h5-18,20H,3-4,19H2,1-2H3. The summed E-state index contributed by atoms with van der Waals surface area (Å²) in [4.78, 5) is 24.9. The van der Waals surface area contributed by atoms with E-state index >= 15 is 0 Å². The van der Waals surface area contributed by atoms with E-state index in [1.807, 2.05) is 97.9 Å². The van der Waals surface area contributed by atoms with Gasteiger partial charge in [-0.15, -0.1) is 0 Å². The summed E-state index contributed by atoms with van der Waals surface area (Å²) < 4.78 is 0. The predicted molar refractivity (Wildman–Crippen MR) is 131 cm³/mol. The third kappa shape index (κ3) is 4.92. The van der Waals surface area contributed by atoms with E-state index in [-0.39, 0.29) is 5.91 Å². The molecular weight excluding hydrogens is 394 g/mol. The van der Waals surface area contributed by atoms with Gasteiger partial charge in [-0.2, -0.15) is 0 Å². The molecule has 0 fully saturated rings. The van der Waals surface area contributed by atoms with Gasteiger partial charge in [-0.1, -0.05) is 91.7 Å². The monoisotopic (exact) mass is 421 g/mol. The van der Waals surface area contributed by atoms with Crippen LogP contribution >= 0.6 is 0 Å². The fourth-order valence-electron chi connectivity index (χ4n) is 3.53. The van der Waals surface area contributed by atoms with Gasteiger partial charge in [-0.05, 0) is 31.5 Å². The number of carbonyl (C=O) groups excluding carboxylic acids is 1. The first-order valence-corrected chi connectivity index (χ1v) is 11.0. The molecule has 0 aliphatic rings. The van der Waals surface area contributed by atoms with Crippen molar-refractivity contribution >= 4 is 11.9 Å². The predicted octanol–water partition coefficient (Wildman–Crippen LogP) is 6.57. The molecule has 4 nitrogen and oxygen atoms in total. The summed E-state index contributed by atoms with van der Waals surface area (Å²) in [6, 6.07) is 29.7. The summed E-state index contributed by atoms with van der Waals surface area (Å²) >= 11 is 0. The van der Waals surface area contributed by atoms with Crippen LogP contribution in [-0.2, 0) is 0 Å². The third-order valence-electron chi connectivity index (χ3n) is 5.37. The molecule has 0 atom stereocenters. The first kappa shape index (κ1) is 21.4. The molecule has 1 heterocycles. The summed E-state index contributed by atoms with van der Waals surface area (Å²) in [6.07, 6.45) is 1.85. The molecule has 32 heavy (non-hydrogen) atoms. The molecule has 0 bridgehead atoms. The van der Waals surface area contributed by atoms with E-state index in [9.17, 15) is 4.79 Å². The van der Waals surface area contributed by atoms with Gasteiger partial charge in [0.05, 0.1) is 11.4 Å². The fourth-order valence-corrected chi connectivity index (χ4v) is 3.53. The summed E-state index contributed by atoms with van der Waals surface area (Å²) in [7, 11) is 0. The molecule has 4 rings (SSSR count). The summed E-state index contributed by atoms with van der Waals surface area (Å²) in [5.41, 5.74) is 5.34. The van der Waals surface area contributed by atoms with Crippen molar-refractivity contribution < 1.29 is 4.79 Å². The molecule has 1 amide bonds. The second-order valence-corrected chi connectivity index (χ2v) is 7.85. The Hall–Kier alpha value is -3.79. The number of aromatic nitrogens is 2. The molecule has 0 spiro atoms. The minimum Gasteiger partial charge on any atom is -0.277 e. The SMILES string of the molecule is CCCCN(C(=O)c1ccc(C)cc1)c1nc(-c2ccccc2)cc(-c2ccccc2)n1. The molecule has 0 radical (unpaired) electrons. The number of rotatable bonds is 7. The third-order valence-corrected chi connectivity index (χ3v) is 5.37. The zero-order chi connectivity index (χ0) is 22.3. The lowest BCUT2D eigenvalue weighted by molar-refractivity contribution is 0.0985. The van der Waals surface area contributed by atoms with Crippen LogP contribution in [0.25, 0.3) is 22.5 Å². The Morgan fingerprint density at radius 3 is 1.81 bits per heavy atom. The Kier molecular flexibility index (Phi) is 6.71. The zero-order valence-electron chi connectivity index (χ0n) is 18.5. The van der Waals surface area contributed by atoms with Gasteiger partial charge >= 0.3 is 0 Å². The second-order valence-electron chi connectivity index (χ2n) is 7.85. The van der Waals surface area contributed by atoms with Crippen LogP contribution in [0.4, 0.5) is 5.95 Å². The number of hydrogen-bond acceptors (Lipinski definition) is 3. The minimum absolute atomic E-state index is 0.0809. The highest BCUT2D eigenvalue weighted by atomic mass is 16.2. The molecule has 160 valence electrons. The maximum absolute atomic E-state index is 13.5.